The quantitative estimate of drug-likeness (QED) is 0.849. The van der Waals surface area contributed by atoms with Gasteiger partial charge in [0.15, 0.2) is 0 Å². The predicted octanol–water partition coefficient (Wildman–Crippen LogP) is 0.477. The van der Waals surface area contributed by atoms with Crippen molar-refractivity contribution >= 4 is 10.0 Å². The first-order valence-corrected chi connectivity index (χ1v) is 8.56. The first kappa shape index (κ1) is 15.4. The van der Waals surface area contributed by atoms with Crippen LogP contribution in [0.15, 0.2) is 40.0 Å². The number of aromatic amines is 1. The van der Waals surface area contributed by atoms with Crippen molar-refractivity contribution in [3.8, 4) is 6.07 Å². The van der Waals surface area contributed by atoms with E-state index in [1.807, 2.05) is 6.07 Å². The molecule has 0 bridgehead atoms. The van der Waals surface area contributed by atoms with Crippen LogP contribution in [-0.2, 0) is 22.9 Å². The summed E-state index contributed by atoms with van der Waals surface area (Å²) in [5.41, 5.74) is 1.69. The fourth-order valence-electron chi connectivity index (χ4n) is 2.64. The van der Waals surface area contributed by atoms with Gasteiger partial charge >= 0.3 is 0 Å². The molecule has 8 heteroatoms. The Kier molecular flexibility index (Phi) is 3.98. The van der Waals surface area contributed by atoms with E-state index in [0.717, 1.165) is 11.3 Å². The normalized spacial score (nSPS) is 17.3. The SMILES string of the molecule is N#Cc1ccc(S(=O)(=O)NC2CCc3n[nH]c(=O)cc3C2)cc1. The second-order valence-electron chi connectivity index (χ2n) is 5.40. The summed E-state index contributed by atoms with van der Waals surface area (Å²) < 4.78 is 27.5. The van der Waals surface area contributed by atoms with Crippen LogP contribution >= 0.6 is 0 Å². The highest BCUT2D eigenvalue weighted by Crippen LogP contribution is 2.20. The van der Waals surface area contributed by atoms with Gasteiger partial charge in [-0.1, -0.05) is 0 Å². The molecule has 1 atom stereocenters. The van der Waals surface area contributed by atoms with Crippen LogP contribution in [0.25, 0.3) is 0 Å². The summed E-state index contributed by atoms with van der Waals surface area (Å²) in [6.45, 7) is 0. The Balaban J connectivity index is 1.79. The van der Waals surface area contributed by atoms with Crippen LogP contribution in [0.2, 0.25) is 0 Å². The summed E-state index contributed by atoms with van der Waals surface area (Å²) in [5.74, 6) is 0. The van der Waals surface area contributed by atoms with Crippen molar-refractivity contribution in [2.45, 2.75) is 30.2 Å². The third kappa shape index (κ3) is 3.31. The number of sulfonamides is 1. The van der Waals surface area contributed by atoms with E-state index >= 15 is 0 Å². The predicted molar refractivity (Wildman–Crippen MR) is 82.1 cm³/mol. The monoisotopic (exact) mass is 330 g/mol. The van der Waals surface area contributed by atoms with E-state index in [2.05, 4.69) is 14.9 Å². The average Bonchev–Trinajstić information content (AvgIpc) is 2.54. The van der Waals surface area contributed by atoms with E-state index in [1.54, 1.807) is 0 Å². The molecule has 2 aromatic rings. The van der Waals surface area contributed by atoms with Gasteiger partial charge in [-0.25, -0.2) is 18.2 Å². The Morgan fingerprint density at radius 1 is 1.30 bits per heavy atom. The molecule has 0 radical (unpaired) electrons. The second-order valence-corrected chi connectivity index (χ2v) is 7.12. The van der Waals surface area contributed by atoms with Gasteiger partial charge in [-0.15, -0.1) is 0 Å². The zero-order valence-electron chi connectivity index (χ0n) is 12.1. The Labute approximate surface area is 133 Å². The molecule has 0 fully saturated rings. The minimum atomic E-state index is -3.66. The van der Waals surface area contributed by atoms with E-state index in [9.17, 15) is 13.2 Å². The lowest BCUT2D eigenvalue weighted by Crippen LogP contribution is -2.39. The molecule has 0 spiro atoms. The third-order valence-corrected chi connectivity index (χ3v) is 5.32. The first-order valence-electron chi connectivity index (χ1n) is 7.08. The van der Waals surface area contributed by atoms with Gasteiger partial charge in [0.1, 0.15) is 0 Å². The van der Waals surface area contributed by atoms with Crippen molar-refractivity contribution in [3.05, 3.63) is 57.5 Å². The summed E-state index contributed by atoms with van der Waals surface area (Å²) in [6, 6.07) is 8.87. The number of H-pyrrole nitrogens is 1. The average molecular weight is 330 g/mol. The first-order chi connectivity index (χ1) is 11.0. The number of nitriles is 1. The maximum Gasteiger partial charge on any atom is 0.264 e. The molecule has 0 saturated heterocycles. The lowest BCUT2D eigenvalue weighted by molar-refractivity contribution is 0.499. The smallest absolute Gasteiger partial charge is 0.264 e. The van der Waals surface area contributed by atoms with E-state index in [-0.39, 0.29) is 16.5 Å². The van der Waals surface area contributed by atoms with Gasteiger partial charge < -0.3 is 0 Å². The Bertz CT molecular complexity index is 926. The zero-order valence-corrected chi connectivity index (χ0v) is 12.9. The van der Waals surface area contributed by atoms with Crippen molar-refractivity contribution in [3.63, 3.8) is 0 Å². The lowest BCUT2D eigenvalue weighted by atomic mass is 9.93. The van der Waals surface area contributed by atoms with Gasteiger partial charge in [0, 0.05) is 12.1 Å². The molecule has 7 nitrogen and oxygen atoms in total. The van der Waals surface area contributed by atoms with E-state index in [4.69, 9.17) is 5.26 Å². The van der Waals surface area contributed by atoms with Crippen LogP contribution in [0, 0.1) is 11.3 Å². The van der Waals surface area contributed by atoms with Crippen molar-refractivity contribution in [1.29, 1.82) is 5.26 Å². The number of fused-ring (bicyclic) bond motifs is 1. The van der Waals surface area contributed by atoms with E-state index in [0.29, 0.717) is 24.8 Å². The number of aryl methyl sites for hydroxylation is 1. The molecule has 3 rings (SSSR count). The molecule has 1 aliphatic carbocycles. The molecular formula is C15H14N4O3S. The molecule has 118 valence electrons. The molecule has 1 aliphatic rings. The minimum absolute atomic E-state index is 0.117. The van der Waals surface area contributed by atoms with Crippen LogP contribution < -0.4 is 10.3 Å². The third-order valence-electron chi connectivity index (χ3n) is 3.79. The van der Waals surface area contributed by atoms with Gasteiger partial charge in [-0.2, -0.15) is 10.4 Å². The Hall–Kier alpha value is -2.50. The second kappa shape index (κ2) is 5.95. The van der Waals surface area contributed by atoms with Crippen LogP contribution in [0.3, 0.4) is 0 Å². The fourth-order valence-corrected chi connectivity index (χ4v) is 3.91. The zero-order chi connectivity index (χ0) is 16.4. The van der Waals surface area contributed by atoms with Crippen molar-refractivity contribution in [2.24, 2.45) is 0 Å². The fraction of sp³-hybridized carbons (Fsp3) is 0.267. The summed E-state index contributed by atoms with van der Waals surface area (Å²) >= 11 is 0. The number of benzene rings is 1. The number of rotatable bonds is 3. The summed E-state index contributed by atoms with van der Waals surface area (Å²) in [4.78, 5) is 11.4. The highest BCUT2D eigenvalue weighted by Gasteiger charge is 2.25. The number of nitrogens with zero attached hydrogens (tertiary/aromatic N) is 2. The largest absolute Gasteiger partial charge is 0.268 e. The molecule has 1 heterocycles. The molecule has 2 N–H and O–H groups in total. The molecule has 0 aliphatic heterocycles. The van der Waals surface area contributed by atoms with Gasteiger partial charge in [0.2, 0.25) is 10.0 Å². The minimum Gasteiger partial charge on any atom is -0.268 e. The highest BCUT2D eigenvalue weighted by molar-refractivity contribution is 7.89. The van der Waals surface area contributed by atoms with Crippen molar-refractivity contribution in [2.75, 3.05) is 0 Å². The summed E-state index contributed by atoms with van der Waals surface area (Å²) in [7, 11) is -3.66. The Morgan fingerprint density at radius 3 is 2.74 bits per heavy atom. The topological polar surface area (TPSA) is 116 Å². The standard InChI is InChI=1S/C15H14N4O3S/c16-9-10-1-4-13(5-2-10)23(21,22)19-12-3-6-14-11(7-12)8-15(20)18-17-14/h1-2,4-5,8,12,19H,3,6-7H2,(H,18,20). The number of aromatic nitrogens is 2. The molecule has 23 heavy (non-hydrogen) atoms. The van der Waals surface area contributed by atoms with Gasteiger partial charge in [0.25, 0.3) is 5.56 Å². The van der Waals surface area contributed by atoms with Gasteiger partial charge in [-0.05, 0) is 49.1 Å². The van der Waals surface area contributed by atoms with Crippen molar-refractivity contribution < 1.29 is 8.42 Å². The Morgan fingerprint density at radius 2 is 2.04 bits per heavy atom. The van der Waals surface area contributed by atoms with Crippen LogP contribution in [0.1, 0.15) is 23.2 Å². The number of hydrogen-bond donors (Lipinski definition) is 2. The van der Waals surface area contributed by atoms with Gasteiger partial charge in [0.05, 0.1) is 22.2 Å². The van der Waals surface area contributed by atoms with Crippen molar-refractivity contribution in [1.82, 2.24) is 14.9 Å². The maximum atomic E-state index is 12.4. The molecule has 0 amide bonds. The van der Waals surface area contributed by atoms with E-state index < -0.39 is 10.0 Å². The van der Waals surface area contributed by atoms with E-state index in [1.165, 1.54) is 30.3 Å². The number of hydrogen-bond acceptors (Lipinski definition) is 5. The van der Waals surface area contributed by atoms with Crippen LogP contribution in [0.5, 0.6) is 0 Å². The molecular weight excluding hydrogens is 316 g/mol. The van der Waals surface area contributed by atoms with Crippen LogP contribution in [-0.4, -0.2) is 24.7 Å². The van der Waals surface area contributed by atoms with Gasteiger partial charge in [-0.3, -0.25) is 4.79 Å². The maximum absolute atomic E-state index is 12.4. The molecule has 1 unspecified atom stereocenters. The van der Waals surface area contributed by atoms with Crippen LogP contribution in [0.4, 0.5) is 0 Å². The molecule has 1 aromatic carbocycles. The molecule has 1 aromatic heterocycles. The number of nitrogens with one attached hydrogen (secondary N) is 2. The summed E-state index contributed by atoms with van der Waals surface area (Å²) in [6.07, 6.45) is 1.65. The lowest BCUT2D eigenvalue weighted by Gasteiger charge is -2.24. The summed E-state index contributed by atoms with van der Waals surface area (Å²) in [5, 5.41) is 15.1. The molecule has 0 saturated carbocycles. The highest BCUT2D eigenvalue weighted by atomic mass is 32.2.